The van der Waals surface area contributed by atoms with Gasteiger partial charge in [-0.25, -0.2) is 4.98 Å². The number of anilines is 2. The predicted molar refractivity (Wildman–Crippen MR) is 131 cm³/mol. The molecule has 2 N–H and O–H groups in total. The number of carbonyl (C=O) groups is 1. The third kappa shape index (κ3) is 5.35. The molecule has 1 aromatic heterocycles. The summed E-state index contributed by atoms with van der Waals surface area (Å²) in [5.74, 6) is 1.48. The van der Waals surface area contributed by atoms with Crippen molar-refractivity contribution in [3.63, 3.8) is 0 Å². The van der Waals surface area contributed by atoms with Crippen LogP contribution in [0.4, 0.5) is 11.5 Å². The number of carbonyl (C=O) groups excluding carboxylic acids is 1. The third-order valence-electron chi connectivity index (χ3n) is 6.10. The summed E-state index contributed by atoms with van der Waals surface area (Å²) in [4.78, 5) is 20.0. The van der Waals surface area contributed by atoms with E-state index in [1.807, 2.05) is 48.7 Å². The van der Waals surface area contributed by atoms with Gasteiger partial charge in [0.15, 0.2) is 0 Å². The highest BCUT2D eigenvalue weighted by Gasteiger charge is 2.24. The first-order valence-electron chi connectivity index (χ1n) is 11.4. The van der Waals surface area contributed by atoms with E-state index in [2.05, 4.69) is 65.6 Å². The number of benzene rings is 2. The molecule has 2 aromatic carbocycles. The van der Waals surface area contributed by atoms with Crippen molar-refractivity contribution in [3.05, 3.63) is 89.6 Å². The monoisotopic (exact) mass is 428 g/mol. The molecule has 2 atom stereocenters. The maximum absolute atomic E-state index is 13.2. The second kappa shape index (κ2) is 9.96. The highest BCUT2D eigenvalue weighted by molar-refractivity contribution is 5.94. The molecule has 166 valence electrons. The van der Waals surface area contributed by atoms with Crippen LogP contribution in [-0.2, 0) is 4.79 Å². The SMILES string of the molecule is Cc1ccc([C@@H](C)CN[C@@H](C(=O)Nc2ccc(N3CC(C)C3)cn2)c2ccccc2)cc1. The Labute approximate surface area is 190 Å². The summed E-state index contributed by atoms with van der Waals surface area (Å²) >= 11 is 0. The molecule has 32 heavy (non-hydrogen) atoms. The number of rotatable bonds is 8. The van der Waals surface area contributed by atoms with E-state index in [-0.39, 0.29) is 11.8 Å². The number of pyridine rings is 1. The Morgan fingerprint density at radius 2 is 1.75 bits per heavy atom. The topological polar surface area (TPSA) is 57.3 Å². The zero-order valence-electron chi connectivity index (χ0n) is 19.1. The number of aryl methyl sites for hydroxylation is 1. The first-order valence-corrected chi connectivity index (χ1v) is 11.4. The molecule has 0 radical (unpaired) electrons. The Morgan fingerprint density at radius 1 is 1.03 bits per heavy atom. The lowest BCUT2D eigenvalue weighted by Crippen LogP contribution is -2.45. The molecule has 4 rings (SSSR count). The molecule has 0 bridgehead atoms. The van der Waals surface area contributed by atoms with Gasteiger partial charge in [0.2, 0.25) is 5.91 Å². The zero-order valence-corrected chi connectivity index (χ0v) is 19.1. The van der Waals surface area contributed by atoms with Gasteiger partial charge in [0.1, 0.15) is 11.9 Å². The lowest BCUT2D eigenvalue weighted by Gasteiger charge is -2.38. The summed E-state index contributed by atoms with van der Waals surface area (Å²) in [6.45, 7) is 9.32. The second-order valence-corrected chi connectivity index (χ2v) is 8.96. The normalized spacial score (nSPS) is 15.7. The lowest BCUT2D eigenvalue weighted by molar-refractivity contribution is -0.118. The fourth-order valence-electron chi connectivity index (χ4n) is 4.07. The molecule has 0 aliphatic carbocycles. The molecule has 1 aliphatic heterocycles. The van der Waals surface area contributed by atoms with Crippen molar-refractivity contribution in [2.45, 2.75) is 32.7 Å². The lowest BCUT2D eigenvalue weighted by atomic mass is 9.98. The number of nitrogens with one attached hydrogen (secondary N) is 2. The molecule has 0 unspecified atom stereocenters. The average Bonchev–Trinajstić information content (AvgIpc) is 2.79. The largest absolute Gasteiger partial charge is 0.370 e. The van der Waals surface area contributed by atoms with Crippen LogP contribution < -0.4 is 15.5 Å². The van der Waals surface area contributed by atoms with Gasteiger partial charge in [-0.15, -0.1) is 0 Å². The average molecular weight is 429 g/mol. The fourth-order valence-corrected chi connectivity index (χ4v) is 4.07. The van der Waals surface area contributed by atoms with Gasteiger partial charge in [0.05, 0.1) is 11.9 Å². The van der Waals surface area contributed by atoms with Crippen LogP contribution in [0.5, 0.6) is 0 Å². The smallest absolute Gasteiger partial charge is 0.247 e. The van der Waals surface area contributed by atoms with Crippen LogP contribution in [0.1, 0.15) is 42.5 Å². The maximum atomic E-state index is 13.2. The van der Waals surface area contributed by atoms with Crippen molar-refractivity contribution in [2.24, 2.45) is 5.92 Å². The van der Waals surface area contributed by atoms with Gasteiger partial charge in [-0.1, -0.05) is 74.0 Å². The van der Waals surface area contributed by atoms with Gasteiger partial charge in [-0.2, -0.15) is 0 Å². The van der Waals surface area contributed by atoms with E-state index < -0.39 is 6.04 Å². The number of aromatic nitrogens is 1. The summed E-state index contributed by atoms with van der Waals surface area (Å²) < 4.78 is 0. The van der Waals surface area contributed by atoms with E-state index in [4.69, 9.17) is 0 Å². The molecule has 5 heteroatoms. The van der Waals surface area contributed by atoms with E-state index in [0.29, 0.717) is 12.4 Å². The van der Waals surface area contributed by atoms with Crippen LogP contribution in [0.25, 0.3) is 0 Å². The summed E-state index contributed by atoms with van der Waals surface area (Å²) in [6, 6.07) is 21.9. The van der Waals surface area contributed by atoms with Gasteiger partial charge in [0.25, 0.3) is 0 Å². The number of hydrogen-bond donors (Lipinski definition) is 2. The van der Waals surface area contributed by atoms with Crippen molar-refractivity contribution in [1.82, 2.24) is 10.3 Å². The van der Waals surface area contributed by atoms with E-state index in [9.17, 15) is 4.79 Å². The molecule has 1 fully saturated rings. The minimum Gasteiger partial charge on any atom is -0.370 e. The van der Waals surface area contributed by atoms with Crippen molar-refractivity contribution in [3.8, 4) is 0 Å². The zero-order chi connectivity index (χ0) is 22.5. The van der Waals surface area contributed by atoms with Gasteiger partial charge < -0.3 is 15.5 Å². The summed E-state index contributed by atoms with van der Waals surface area (Å²) in [7, 11) is 0. The molecule has 1 amide bonds. The standard InChI is InChI=1S/C27H32N4O/c1-19-9-11-22(12-10-19)21(3)15-29-26(23-7-5-4-6-8-23)27(32)30-25-14-13-24(16-28-25)31-17-20(2)18-31/h4-14,16,20-21,26,29H,15,17-18H2,1-3H3,(H,28,30,32)/t21-,26+/m0/s1. The summed E-state index contributed by atoms with van der Waals surface area (Å²) in [6.07, 6.45) is 1.84. The van der Waals surface area contributed by atoms with Gasteiger partial charge in [0, 0.05) is 19.6 Å². The fraction of sp³-hybridized carbons (Fsp3) is 0.333. The number of amides is 1. The Kier molecular flexibility index (Phi) is 6.86. The van der Waals surface area contributed by atoms with E-state index >= 15 is 0 Å². The molecule has 3 aromatic rings. The van der Waals surface area contributed by atoms with Crippen molar-refractivity contribution >= 4 is 17.4 Å². The van der Waals surface area contributed by atoms with Crippen molar-refractivity contribution < 1.29 is 4.79 Å². The van der Waals surface area contributed by atoms with Crippen molar-refractivity contribution in [1.29, 1.82) is 0 Å². The Balaban J connectivity index is 1.43. The molecule has 0 saturated carbocycles. The minimum absolute atomic E-state index is 0.106. The molecule has 1 saturated heterocycles. The Hall–Kier alpha value is -3.18. The van der Waals surface area contributed by atoms with E-state index in [0.717, 1.165) is 30.3 Å². The maximum Gasteiger partial charge on any atom is 0.247 e. The van der Waals surface area contributed by atoms with Crippen LogP contribution in [0.15, 0.2) is 72.9 Å². The van der Waals surface area contributed by atoms with Crippen LogP contribution in [0, 0.1) is 12.8 Å². The van der Waals surface area contributed by atoms with Gasteiger partial charge in [-0.05, 0) is 42.0 Å². The van der Waals surface area contributed by atoms with E-state index in [1.54, 1.807) is 0 Å². The number of nitrogens with zero attached hydrogens (tertiary/aromatic N) is 2. The molecular weight excluding hydrogens is 396 g/mol. The van der Waals surface area contributed by atoms with E-state index in [1.165, 1.54) is 11.1 Å². The summed E-state index contributed by atoms with van der Waals surface area (Å²) in [5, 5.41) is 6.46. The highest BCUT2D eigenvalue weighted by Crippen LogP contribution is 2.25. The van der Waals surface area contributed by atoms with Crippen LogP contribution in [0.3, 0.4) is 0 Å². The minimum atomic E-state index is -0.457. The Morgan fingerprint density at radius 3 is 2.38 bits per heavy atom. The second-order valence-electron chi connectivity index (χ2n) is 8.96. The number of hydrogen-bond acceptors (Lipinski definition) is 4. The van der Waals surface area contributed by atoms with Crippen molar-refractivity contribution in [2.75, 3.05) is 29.9 Å². The predicted octanol–water partition coefficient (Wildman–Crippen LogP) is 4.92. The van der Waals surface area contributed by atoms with Gasteiger partial charge >= 0.3 is 0 Å². The molecular formula is C27H32N4O. The third-order valence-corrected chi connectivity index (χ3v) is 6.10. The first-order chi connectivity index (χ1) is 15.5. The van der Waals surface area contributed by atoms with Crippen LogP contribution in [0.2, 0.25) is 0 Å². The molecule has 5 nitrogen and oxygen atoms in total. The van der Waals surface area contributed by atoms with Crippen LogP contribution >= 0.6 is 0 Å². The van der Waals surface area contributed by atoms with Gasteiger partial charge in [-0.3, -0.25) is 4.79 Å². The van der Waals surface area contributed by atoms with Crippen LogP contribution in [-0.4, -0.2) is 30.5 Å². The first kappa shape index (κ1) is 22.0. The molecule has 1 aliphatic rings. The molecule has 0 spiro atoms. The summed E-state index contributed by atoms with van der Waals surface area (Å²) in [5.41, 5.74) is 4.54. The highest BCUT2D eigenvalue weighted by atomic mass is 16.2. The molecule has 2 heterocycles. The Bertz CT molecular complexity index is 1010. The quantitative estimate of drug-likeness (QED) is 0.535.